The lowest BCUT2D eigenvalue weighted by atomic mass is 9.99. The van der Waals surface area contributed by atoms with Crippen LogP contribution in [0.3, 0.4) is 0 Å². The first-order valence-corrected chi connectivity index (χ1v) is 9.17. The van der Waals surface area contributed by atoms with Crippen molar-refractivity contribution in [3.63, 3.8) is 0 Å². The van der Waals surface area contributed by atoms with E-state index in [1.807, 2.05) is 42.5 Å². The lowest BCUT2D eigenvalue weighted by Gasteiger charge is -2.22. The molecular weight excluding hydrogens is 374 g/mol. The monoisotopic (exact) mass is 401 g/mol. The van der Waals surface area contributed by atoms with Crippen LogP contribution >= 0.6 is 0 Å². The third-order valence-electron chi connectivity index (χ3n) is 4.10. The first-order chi connectivity index (χ1) is 13.6. The Hall–Kier alpha value is -3.22. The summed E-state index contributed by atoms with van der Waals surface area (Å²) in [5, 5.41) is 11.9. The van der Waals surface area contributed by atoms with Crippen LogP contribution in [-0.4, -0.2) is 43.0 Å². The minimum Gasteiger partial charge on any atom is -0.496 e. The molecule has 0 fully saturated rings. The molecule has 0 bridgehead atoms. The molecule has 0 aliphatic rings. The highest BCUT2D eigenvalue weighted by atomic mass is 16.6. The standard InChI is InChI=1S/C22H27NO6/c1-22(2,3)29-21(26)23-16(20(24)25)13-14-9-11-15(12-10-14)19-17(27-4)7-6-8-18(19)28-5/h6-12,16H,13H2,1-5H3,(H,23,26)(H,24,25)/t16-/m0/s1. The van der Waals surface area contributed by atoms with E-state index in [1.165, 1.54) is 0 Å². The Balaban J connectivity index is 2.19. The average Bonchev–Trinajstić information content (AvgIpc) is 2.65. The summed E-state index contributed by atoms with van der Waals surface area (Å²) in [6.07, 6.45) is -0.641. The Morgan fingerprint density at radius 1 is 1.00 bits per heavy atom. The second kappa shape index (κ2) is 9.32. The zero-order valence-corrected chi connectivity index (χ0v) is 17.3. The van der Waals surface area contributed by atoms with Crippen molar-refractivity contribution in [3.05, 3.63) is 48.0 Å². The first kappa shape index (κ1) is 22.1. The largest absolute Gasteiger partial charge is 0.496 e. The number of aliphatic carboxylic acids is 1. The predicted octanol–water partition coefficient (Wildman–Crippen LogP) is 3.89. The third kappa shape index (κ3) is 6.14. The molecule has 0 aromatic heterocycles. The van der Waals surface area contributed by atoms with Crippen LogP contribution in [-0.2, 0) is 16.0 Å². The maximum atomic E-state index is 11.9. The van der Waals surface area contributed by atoms with E-state index in [2.05, 4.69) is 5.32 Å². The molecule has 0 saturated heterocycles. The van der Waals surface area contributed by atoms with Crippen LogP contribution in [0.2, 0.25) is 0 Å². The number of amides is 1. The number of carbonyl (C=O) groups is 2. The Bertz CT molecular complexity index is 832. The third-order valence-corrected chi connectivity index (χ3v) is 4.10. The summed E-state index contributed by atoms with van der Waals surface area (Å²) >= 11 is 0. The minimum atomic E-state index is -1.13. The van der Waals surface area contributed by atoms with Crippen LogP contribution in [0, 0.1) is 0 Å². The molecule has 0 heterocycles. The molecule has 1 amide bonds. The van der Waals surface area contributed by atoms with Crippen molar-refractivity contribution in [2.24, 2.45) is 0 Å². The van der Waals surface area contributed by atoms with Crippen molar-refractivity contribution < 1.29 is 28.9 Å². The van der Waals surface area contributed by atoms with Gasteiger partial charge in [-0.15, -0.1) is 0 Å². The van der Waals surface area contributed by atoms with Crippen LogP contribution in [0.1, 0.15) is 26.3 Å². The molecule has 0 saturated carbocycles. The van der Waals surface area contributed by atoms with Crippen molar-refractivity contribution in [2.45, 2.75) is 38.8 Å². The Morgan fingerprint density at radius 3 is 2.00 bits per heavy atom. The quantitative estimate of drug-likeness (QED) is 0.731. The SMILES string of the molecule is COc1cccc(OC)c1-c1ccc(C[C@H](NC(=O)OC(C)(C)C)C(=O)O)cc1. The zero-order chi connectivity index (χ0) is 21.6. The van der Waals surface area contributed by atoms with Gasteiger partial charge in [-0.1, -0.05) is 30.3 Å². The smallest absolute Gasteiger partial charge is 0.408 e. The van der Waals surface area contributed by atoms with Gasteiger partial charge in [-0.25, -0.2) is 9.59 Å². The molecule has 1 atom stereocenters. The van der Waals surface area contributed by atoms with Gasteiger partial charge in [0, 0.05) is 6.42 Å². The highest BCUT2D eigenvalue weighted by Gasteiger charge is 2.24. The normalized spacial score (nSPS) is 12.0. The minimum absolute atomic E-state index is 0.123. The fraction of sp³-hybridized carbons (Fsp3) is 0.364. The van der Waals surface area contributed by atoms with Crippen LogP contribution < -0.4 is 14.8 Å². The average molecular weight is 401 g/mol. The van der Waals surface area contributed by atoms with Gasteiger partial charge in [-0.2, -0.15) is 0 Å². The van der Waals surface area contributed by atoms with Crippen molar-refractivity contribution in [3.8, 4) is 22.6 Å². The van der Waals surface area contributed by atoms with E-state index in [-0.39, 0.29) is 6.42 Å². The van der Waals surface area contributed by atoms with Crippen molar-refractivity contribution >= 4 is 12.1 Å². The van der Waals surface area contributed by atoms with E-state index in [1.54, 1.807) is 35.0 Å². The number of hydrogen-bond acceptors (Lipinski definition) is 5. The van der Waals surface area contributed by atoms with E-state index in [9.17, 15) is 14.7 Å². The lowest BCUT2D eigenvalue weighted by molar-refractivity contribution is -0.139. The number of methoxy groups -OCH3 is 2. The van der Waals surface area contributed by atoms with Crippen molar-refractivity contribution in [1.82, 2.24) is 5.32 Å². The molecule has 29 heavy (non-hydrogen) atoms. The number of carboxylic acid groups (broad SMARTS) is 1. The predicted molar refractivity (Wildman–Crippen MR) is 109 cm³/mol. The Kier molecular flexibility index (Phi) is 7.09. The van der Waals surface area contributed by atoms with E-state index in [4.69, 9.17) is 14.2 Å². The highest BCUT2D eigenvalue weighted by molar-refractivity contribution is 5.80. The van der Waals surface area contributed by atoms with Crippen molar-refractivity contribution in [2.75, 3.05) is 14.2 Å². The van der Waals surface area contributed by atoms with E-state index in [0.29, 0.717) is 11.5 Å². The number of benzene rings is 2. The second-order valence-corrected chi connectivity index (χ2v) is 7.48. The summed E-state index contributed by atoms with van der Waals surface area (Å²) in [6.45, 7) is 5.15. The number of carboxylic acids is 1. The number of ether oxygens (including phenoxy) is 3. The molecule has 2 N–H and O–H groups in total. The molecule has 0 radical (unpaired) electrons. The summed E-state index contributed by atoms with van der Waals surface area (Å²) < 4.78 is 16.0. The molecule has 2 aromatic carbocycles. The van der Waals surface area contributed by atoms with Gasteiger partial charge in [0.25, 0.3) is 0 Å². The summed E-state index contributed by atoms with van der Waals surface area (Å²) in [7, 11) is 3.18. The second-order valence-electron chi connectivity index (χ2n) is 7.48. The number of carbonyl (C=O) groups excluding carboxylic acids is 1. The highest BCUT2D eigenvalue weighted by Crippen LogP contribution is 2.38. The molecule has 2 rings (SSSR count). The van der Waals surface area contributed by atoms with E-state index < -0.39 is 23.7 Å². The lowest BCUT2D eigenvalue weighted by Crippen LogP contribution is -2.44. The van der Waals surface area contributed by atoms with E-state index >= 15 is 0 Å². The fourth-order valence-corrected chi connectivity index (χ4v) is 2.83. The number of alkyl carbamates (subject to hydrolysis) is 1. The molecular formula is C22H27NO6. The summed E-state index contributed by atoms with van der Waals surface area (Å²) in [5.74, 6) is 0.213. The molecule has 7 nitrogen and oxygen atoms in total. The summed E-state index contributed by atoms with van der Waals surface area (Å²) in [4.78, 5) is 23.5. The van der Waals surface area contributed by atoms with Crippen LogP contribution in [0.4, 0.5) is 4.79 Å². The molecule has 156 valence electrons. The number of nitrogens with one attached hydrogen (secondary N) is 1. The maximum absolute atomic E-state index is 11.9. The number of rotatable bonds is 7. The Labute approximate surface area is 170 Å². The topological polar surface area (TPSA) is 94.1 Å². The van der Waals surface area contributed by atoms with Gasteiger partial charge in [0.15, 0.2) is 0 Å². The molecule has 0 spiro atoms. The van der Waals surface area contributed by atoms with Crippen molar-refractivity contribution in [1.29, 1.82) is 0 Å². The van der Waals surface area contributed by atoms with Gasteiger partial charge < -0.3 is 24.6 Å². The van der Waals surface area contributed by atoms with Gasteiger partial charge >= 0.3 is 12.1 Å². The zero-order valence-electron chi connectivity index (χ0n) is 17.3. The summed E-state index contributed by atoms with van der Waals surface area (Å²) in [6, 6.07) is 11.8. The van der Waals surface area contributed by atoms with Gasteiger partial charge in [0.2, 0.25) is 0 Å². The number of hydrogen-bond donors (Lipinski definition) is 2. The fourth-order valence-electron chi connectivity index (χ4n) is 2.83. The van der Waals surface area contributed by atoms with Crippen LogP contribution in [0.15, 0.2) is 42.5 Å². The molecule has 0 aliphatic carbocycles. The molecule has 2 aromatic rings. The van der Waals surface area contributed by atoms with E-state index in [0.717, 1.165) is 16.7 Å². The first-order valence-electron chi connectivity index (χ1n) is 9.17. The van der Waals surface area contributed by atoms with Crippen LogP contribution in [0.25, 0.3) is 11.1 Å². The molecule has 0 unspecified atom stereocenters. The molecule has 7 heteroatoms. The van der Waals surface area contributed by atoms with Crippen LogP contribution in [0.5, 0.6) is 11.5 Å². The maximum Gasteiger partial charge on any atom is 0.408 e. The van der Waals surface area contributed by atoms with Gasteiger partial charge in [0.05, 0.1) is 19.8 Å². The van der Waals surface area contributed by atoms with Gasteiger partial charge in [0.1, 0.15) is 23.1 Å². The molecule has 0 aliphatic heterocycles. The van der Waals surface area contributed by atoms with Gasteiger partial charge in [-0.05, 0) is 44.0 Å². The summed E-state index contributed by atoms with van der Waals surface area (Å²) in [5.41, 5.74) is 1.73. The Morgan fingerprint density at radius 2 is 1.55 bits per heavy atom. The van der Waals surface area contributed by atoms with Gasteiger partial charge in [-0.3, -0.25) is 0 Å².